The number of rotatable bonds is 3. The molecule has 21 heavy (non-hydrogen) atoms. The van der Waals surface area contributed by atoms with Crippen LogP contribution >= 0.6 is 11.8 Å². The van der Waals surface area contributed by atoms with E-state index in [9.17, 15) is 0 Å². The summed E-state index contributed by atoms with van der Waals surface area (Å²) >= 11 is 1.85. The molecule has 0 unspecified atom stereocenters. The predicted molar refractivity (Wildman–Crippen MR) is 94.5 cm³/mol. The van der Waals surface area contributed by atoms with Crippen molar-refractivity contribution in [1.82, 2.24) is 0 Å². The predicted octanol–water partition coefficient (Wildman–Crippen LogP) is 6.14. The minimum atomic E-state index is 0.190. The van der Waals surface area contributed by atoms with Crippen molar-refractivity contribution < 1.29 is 0 Å². The van der Waals surface area contributed by atoms with Crippen LogP contribution in [-0.2, 0) is 5.41 Å². The monoisotopic (exact) mass is 292 g/mol. The number of hydrogen-bond donors (Lipinski definition) is 0. The summed E-state index contributed by atoms with van der Waals surface area (Å²) < 4.78 is 0. The molecule has 2 aromatic carbocycles. The molecule has 0 spiro atoms. The molecule has 0 radical (unpaired) electrons. The molecule has 0 saturated heterocycles. The second-order valence-corrected chi connectivity index (χ2v) is 7.16. The minimum absolute atomic E-state index is 0.190. The molecule has 0 fully saturated rings. The summed E-state index contributed by atoms with van der Waals surface area (Å²) in [5.74, 6) is 0. The standard InChI is InChI=1S/C20H20S/c1-4-15-9-8-12-17-19(15)18(13-14-20(17,2)3)21-16-10-6-5-7-11-16/h4-13H,1,14H2,2-3H3. The van der Waals surface area contributed by atoms with Crippen LogP contribution in [0.2, 0.25) is 0 Å². The fraction of sp³-hybridized carbons (Fsp3) is 0.200. The van der Waals surface area contributed by atoms with Crippen molar-refractivity contribution in [2.75, 3.05) is 0 Å². The van der Waals surface area contributed by atoms with Crippen LogP contribution < -0.4 is 0 Å². The van der Waals surface area contributed by atoms with E-state index in [0.717, 1.165) is 6.42 Å². The van der Waals surface area contributed by atoms with E-state index in [1.807, 2.05) is 17.8 Å². The molecule has 0 aromatic heterocycles. The molecule has 0 heterocycles. The van der Waals surface area contributed by atoms with Crippen LogP contribution in [-0.4, -0.2) is 0 Å². The van der Waals surface area contributed by atoms with Gasteiger partial charge in [0, 0.05) is 9.80 Å². The number of hydrogen-bond acceptors (Lipinski definition) is 1. The third-order valence-electron chi connectivity index (χ3n) is 4.06. The van der Waals surface area contributed by atoms with E-state index in [4.69, 9.17) is 0 Å². The summed E-state index contributed by atoms with van der Waals surface area (Å²) in [4.78, 5) is 2.64. The fourth-order valence-electron chi connectivity index (χ4n) is 2.85. The van der Waals surface area contributed by atoms with Gasteiger partial charge in [-0.25, -0.2) is 0 Å². The molecule has 1 aliphatic carbocycles. The van der Waals surface area contributed by atoms with Crippen molar-refractivity contribution in [1.29, 1.82) is 0 Å². The highest BCUT2D eigenvalue weighted by molar-refractivity contribution is 8.08. The van der Waals surface area contributed by atoms with E-state index in [1.54, 1.807) is 0 Å². The van der Waals surface area contributed by atoms with E-state index >= 15 is 0 Å². The van der Waals surface area contributed by atoms with Gasteiger partial charge in [-0.1, -0.05) is 80.7 Å². The van der Waals surface area contributed by atoms with E-state index in [2.05, 4.69) is 75.0 Å². The molecule has 3 rings (SSSR count). The van der Waals surface area contributed by atoms with Crippen LogP contribution in [0.1, 0.15) is 37.0 Å². The van der Waals surface area contributed by atoms with Crippen molar-refractivity contribution in [2.45, 2.75) is 30.6 Å². The van der Waals surface area contributed by atoms with Gasteiger partial charge in [-0.15, -0.1) is 0 Å². The first-order valence-electron chi connectivity index (χ1n) is 7.31. The van der Waals surface area contributed by atoms with Crippen LogP contribution in [0, 0.1) is 0 Å². The number of allylic oxidation sites excluding steroid dienone is 1. The highest BCUT2D eigenvalue weighted by atomic mass is 32.2. The quantitative estimate of drug-likeness (QED) is 0.654. The molecular formula is C20H20S. The highest BCUT2D eigenvalue weighted by Gasteiger charge is 2.29. The molecule has 1 heteroatoms. The lowest BCUT2D eigenvalue weighted by Gasteiger charge is -2.33. The average Bonchev–Trinajstić information content (AvgIpc) is 2.51. The summed E-state index contributed by atoms with van der Waals surface area (Å²) in [6, 6.07) is 17.2. The lowest BCUT2D eigenvalue weighted by molar-refractivity contribution is 0.528. The van der Waals surface area contributed by atoms with Gasteiger partial charge >= 0.3 is 0 Å². The van der Waals surface area contributed by atoms with Crippen LogP contribution in [0.3, 0.4) is 0 Å². The normalized spacial score (nSPS) is 16.0. The van der Waals surface area contributed by atoms with Crippen LogP contribution in [0.4, 0.5) is 0 Å². The van der Waals surface area contributed by atoms with Gasteiger partial charge in [0.1, 0.15) is 0 Å². The Kier molecular flexibility index (Phi) is 3.77. The van der Waals surface area contributed by atoms with Crippen molar-refractivity contribution in [2.24, 2.45) is 0 Å². The topological polar surface area (TPSA) is 0 Å². The summed E-state index contributed by atoms with van der Waals surface area (Å²) in [6.07, 6.45) is 5.43. The molecular weight excluding hydrogens is 272 g/mol. The van der Waals surface area contributed by atoms with Crippen molar-refractivity contribution in [3.8, 4) is 0 Å². The Morgan fingerprint density at radius 3 is 2.52 bits per heavy atom. The molecule has 0 aliphatic heterocycles. The van der Waals surface area contributed by atoms with Gasteiger partial charge < -0.3 is 0 Å². The minimum Gasteiger partial charge on any atom is -0.0984 e. The fourth-order valence-corrected chi connectivity index (χ4v) is 3.89. The summed E-state index contributed by atoms with van der Waals surface area (Å²) in [5, 5.41) is 0. The largest absolute Gasteiger partial charge is 0.0984 e. The van der Waals surface area contributed by atoms with Crippen LogP contribution in [0.5, 0.6) is 0 Å². The third-order valence-corrected chi connectivity index (χ3v) is 5.16. The number of thioether (sulfide) groups is 1. The molecule has 1 aliphatic rings. The molecule has 0 amide bonds. The second kappa shape index (κ2) is 5.57. The SMILES string of the molecule is C=Cc1cccc2c1C(Sc1ccccc1)=CCC2(C)C. The number of benzene rings is 2. The third kappa shape index (κ3) is 2.71. The van der Waals surface area contributed by atoms with E-state index in [1.165, 1.54) is 26.5 Å². The van der Waals surface area contributed by atoms with Crippen molar-refractivity contribution in [3.63, 3.8) is 0 Å². The van der Waals surface area contributed by atoms with Crippen LogP contribution in [0.25, 0.3) is 11.0 Å². The summed E-state index contributed by atoms with van der Waals surface area (Å²) in [5.41, 5.74) is 4.21. The Hall–Kier alpha value is -1.73. The first-order chi connectivity index (χ1) is 10.1. The highest BCUT2D eigenvalue weighted by Crippen LogP contribution is 2.46. The lowest BCUT2D eigenvalue weighted by Crippen LogP contribution is -2.21. The Bertz CT molecular complexity index is 693. The summed E-state index contributed by atoms with van der Waals surface area (Å²) in [6.45, 7) is 8.63. The first-order valence-corrected chi connectivity index (χ1v) is 8.13. The zero-order chi connectivity index (χ0) is 14.9. The Morgan fingerprint density at radius 1 is 1.05 bits per heavy atom. The average molecular weight is 292 g/mol. The van der Waals surface area contributed by atoms with E-state index in [-0.39, 0.29) is 5.41 Å². The van der Waals surface area contributed by atoms with Crippen molar-refractivity contribution in [3.05, 3.63) is 77.9 Å². The molecule has 106 valence electrons. The molecule has 0 nitrogen and oxygen atoms in total. The van der Waals surface area contributed by atoms with Gasteiger partial charge in [0.15, 0.2) is 0 Å². The first kappa shape index (κ1) is 14.2. The maximum atomic E-state index is 3.99. The van der Waals surface area contributed by atoms with E-state index < -0.39 is 0 Å². The molecule has 2 aromatic rings. The van der Waals surface area contributed by atoms with Gasteiger partial charge in [0.05, 0.1) is 0 Å². The smallest absolute Gasteiger partial charge is 0.0164 e. The lowest BCUT2D eigenvalue weighted by atomic mass is 9.74. The van der Waals surface area contributed by atoms with Gasteiger partial charge in [0.25, 0.3) is 0 Å². The Morgan fingerprint density at radius 2 is 1.81 bits per heavy atom. The zero-order valence-corrected chi connectivity index (χ0v) is 13.4. The second-order valence-electron chi connectivity index (χ2n) is 6.05. The molecule has 0 atom stereocenters. The Labute approximate surface area is 131 Å². The molecule has 0 bridgehead atoms. The molecule has 0 N–H and O–H groups in total. The van der Waals surface area contributed by atoms with Gasteiger partial charge in [-0.2, -0.15) is 0 Å². The van der Waals surface area contributed by atoms with E-state index in [0.29, 0.717) is 0 Å². The maximum absolute atomic E-state index is 3.99. The van der Waals surface area contributed by atoms with Crippen molar-refractivity contribution >= 4 is 22.7 Å². The number of fused-ring (bicyclic) bond motifs is 1. The van der Waals surface area contributed by atoms with Gasteiger partial charge in [-0.3, -0.25) is 0 Å². The molecule has 0 saturated carbocycles. The van der Waals surface area contributed by atoms with Gasteiger partial charge in [-0.05, 0) is 40.7 Å². The van der Waals surface area contributed by atoms with Crippen LogP contribution in [0.15, 0.2) is 66.1 Å². The van der Waals surface area contributed by atoms with Gasteiger partial charge in [0.2, 0.25) is 0 Å². The Balaban J connectivity index is 2.09. The summed E-state index contributed by atoms with van der Waals surface area (Å²) in [7, 11) is 0. The zero-order valence-electron chi connectivity index (χ0n) is 12.6. The maximum Gasteiger partial charge on any atom is 0.0164 e.